The van der Waals surface area contributed by atoms with Crippen LogP contribution in [0.1, 0.15) is 0 Å². The lowest BCUT2D eigenvalue weighted by Crippen LogP contribution is -2.22. The second kappa shape index (κ2) is 13.2. The van der Waals surface area contributed by atoms with E-state index in [1.54, 1.807) is 0 Å². The van der Waals surface area contributed by atoms with Crippen LogP contribution in [0.25, 0.3) is 32.7 Å². The third-order valence-electron chi connectivity index (χ3n) is 9.17. The molecule has 51 heavy (non-hydrogen) atoms. The summed E-state index contributed by atoms with van der Waals surface area (Å²) in [5, 5.41) is 9.99. The normalized spacial score (nSPS) is 13.3. The molecule has 0 unspecified atom stereocenters. The van der Waals surface area contributed by atoms with Gasteiger partial charge in [-0.15, -0.1) is 0 Å². The molecule has 0 aromatic heterocycles. The maximum atomic E-state index is 14.5. The van der Waals surface area contributed by atoms with Crippen LogP contribution < -0.4 is 40.9 Å². The Morgan fingerprint density at radius 3 is 1.04 bits per heavy atom. The molecule has 1 N–H and O–H groups in total. The van der Waals surface area contributed by atoms with Crippen molar-refractivity contribution < 1.29 is 18.5 Å². The number of rotatable bonds is 6. The van der Waals surface area contributed by atoms with Crippen LogP contribution in [0.3, 0.4) is 0 Å². The van der Waals surface area contributed by atoms with Gasteiger partial charge in [0.25, 0.3) is 0 Å². The van der Waals surface area contributed by atoms with E-state index in [0.29, 0.717) is 11.5 Å². The van der Waals surface area contributed by atoms with Crippen LogP contribution in [0.4, 0.5) is 0 Å². The van der Waals surface area contributed by atoms with Crippen LogP contribution >= 0.6 is 23.7 Å². The highest BCUT2D eigenvalue weighted by atomic mass is 31.2. The maximum Gasteiger partial charge on any atom is 0.584 e. The van der Waals surface area contributed by atoms with Gasteiger partial charge in [0.15, 0.2) is 0 Å². The lowest BCUT2D eigenvalue weighted by atomic mass is 9.92. The minimum Gasteiger partial charge on any atom is -0.394 e. The highest BCUT2D eigenvalue weighted by molar-refractivity contribution is 7.80. The predicted octanol–water partition coefficient (Wildman–Crippen LogP) is 9.05. The molecule has 0 amide bonds. The van der Waals surface area contributed by atoms with Crippen molar-refractivity contribution in [3.63, 3.8) is 0 Å². The number of fused-ring (bicyclic) bond motifs is 7. The molecular weight excluding hydrogens is 685 g/mol. The van der Waals surface area contributed by atoms with Gasteiger partial charge in [-0.05, 0) is 70.7 Å². The summed E-state index contributed by atoms with van der Waals surface area (Å²) in [6, 6.07) is 62.1. The topological polar surface area (TPSA) is 55.8 Å². The molecule has 0 spiro atoms. The second-order valence-corrected chi connectivity index (χ2v) is 18.0. The third kappa shape index (κ3) is 5.85. The average molecular weight is 717 g/mol. The summed E-state index contributed by atoms with van der Waals surface area (Å²) in [6.45, 7) is 0. The monoisotopic (exact) mass is 716 g/mol. The second-order valence-electron chi connectivity index (χ2n) is 12.3. The van der Waals surface area contributed by atoms with E-state index >= 15 is 0 Å². The van der Waals surface area contributed by atoms with E-state index in [-0.39, 0.29) is 0 Å². The maximum absolute atomic E-state index is 14.5. The van der Waals surface area contributed by atoms with E-state index in [9.17, 15) is 9.46 Å². The molecule has 1 aliphatic heterocycles. The predicted molar refractivity (Wildman–Crippen MR) is 215 cm³/mol. The van der Waals surface area contributed by atoms with E-state index in [2.05, 4.69) is 84.9 Å². The number of phosphoric ester groups is 1. The van der Waals surface area contributed by atoms with Crippen LogP contribution in [0, 0.1) is 0 Å². The number of hydrogen-bond acceptors (Lipinski definition) is 3. The van der Waals surface area contributed by atoms with Crippen molar-refractivity contribution in [3.8, 4) is 22.6 Å². The van der Waals surface area contributed by atoms with Gasteiger partial charge >= 0.3 is 7.82 Å². The van der Waals surface area contributed by atoms with Crippen molar-refractivity contribution in [3.05, 3.63) is 182 Å². The first-order valence-corrected chi connectivity index (χ1v) is 20.9. The van der Waals surface area contributed by atoms with Crippen LogP contribution in [0.15, 0.2) is 182 Å². The minimum atomic E-state index is -4.73. The van der Waals surface area contributed by atoms with E-state index in [1.807, 2.05) is 97.1 Å². The highest BCUT2D eigenvalue weighted by Crippen LogP contribution is 2.59. The molecule has 9 rings (SSSR count). The molecule has 1 aliphatic rings. The first-order chi connectivity index (χ1) is 25.1. The van der Waals surface area contributed by atoms with Gasteiger partial charge in [-0.1, -0.05) is 170 Å². The fourth-order valence-corrected chi connectivity index (χ4v) is 12.9. The lowest BCUT2D eigenvalue weighted by Gasteiger charge is -2.25. The van der Waals surface area contributed by atoms with Gasteiger partial charge in [0.1, 0.15) is 11.5 Å². The SMILES string of the molecule is O=P1(O)Oc2c(P(c3ccccc3)c3ccccc3)cc3ccccc3c2-c2c(c(P(c3ccccc3)c3ccccc3)cc3ccccc23)O1. The Labute approximate surface area is 299 Å². The molecule has 0 saturated heterocycles. The molecule has 1 heterocycles. The zero-order chi connectivity index (χ0) is 34.4. The Morgan fingerprint density at radius 2 is 0.706 bits per heavy atom. The van der Waals surface area contributed by atoms with E-state index in [1.165, 1.54) is 0 Å². The molecule has 0 fully saturated rings. The van der Waals surface area contributed by atoms with Crippen LogP contribution in [-0.4, -0.2) is 4.89 Å². The Balaban J connectivity index is 1.45. The van der Waals surface area contributed by atoms with Gasteiger partial charge in [-0.25, -0.2) is 4.57 Å². The summed E-state index contributed by atoms with van der Waals surface area (Å²) in [4.78, 5) is 11.8. The largest absolute Gasteiger partial charge is 0.584 e. The molecule has 8 aromatic rings. The van der Waals surface area contributed by atoms with Crippen LogP contribution in [-0.2, 0) is 4.57 Å². The lowest BCUT2D eigenvalue weighted by molar-refractivity contribution is 0.296. The summed E-state index contributed by atoms with van der Waals surface area (Å²) in [5.41, 5.74) is 1.52. The molecule has 4 nitrogen and oxygen atoms in total. The molecule has 0 bridgehead atoms. The van der Waals surface area contributed by atoms with Crippen molar-refractivity contribution in [1.82, 2.24) is 0 Å². The number of phosphoric acid groups is 1. The molecule has 0 aliphatic carbocycles. The quantitative estimate of drug-likeness (QED) is 0.175. The Bertz CT molecular complexity index is 2320. The van der Waals surface area contributed by atoms with Gasteiger partial charge < -0.3 is 9.05 Å². The summed E-state index contributed by atoms with van der Waals surface area (Å²) in [5.74, 6) is 0.756. The Hall–Kier alpha value is -5.07. The van der Waals surface area contributed by atoms with Crippen molar-refractivity contribution >= 4 is 77.0 Å². The summed E-state index contributed by atoms with van der Waals surface area (Å²) < 4.78 is 27.3. The smallest absolute Gasteiger partial charge is 0.394 e. The first-order valence-electron chi connectivity index (χ1n) is 16.7. The molecule has 0 radical (unpaired) electrons. The van der Waals surface area contributed by atoms with Gasteiger partial charge in [-0.3, -0.25) is 4.89 Å². The third-order valence-corrected chi connectivity index (χ3v) is 14.9. The standard InChI is InChI=1S/C44H31O4P3/c45-51(46)47-43-39(49(33-19-5-1-6-20-33)34-21-7-2-8-22-34)29-31-17-13-15-27-37(31)41(43)42-38-28-16-14-18-32(38)30-40(44(42)48-51)50(35-23-9-3-10-24-35)36-25-11-4-12-26-36/h1-30H,(H,45,46). The fraction of sp³-hybridized carbons (Fsp3) is 0. The zero-order valence-electron chi connectivity index (χ0n) is 27.3. The summed E-state index contributed by atoms with van der Waals surface area (Å²) in [7, 11) is -7.17. The van der Waals surface area contributed by atoms with Crippen LogP contribution in [0.5, 0.6) is 11.5 Å². The van der Waals surface area contributed by atoms with Gasteiger partial charge in [0, 0.05) is 21.7 Å². The summed E-state index contributed by atoms with van der Waals surface area (Å²) in [6.07, 6.45) is 0. The fourth-order valence-electron chi connectivity index (χ4n) is 7.05. The van der Waals surface area contributed by atoms with Crippen molar-refractivity contribution in [2.45, 2.75) is 0 Å². The average Bonchev–Trinajstić information content (AvgIpc) is 3.30. The van der Waals surface area contributed by atoms with Crippen molar-refractivity contribution in [1.29, 1.82) is 0 Å². The van der Waals surface area contributed by atoms with Crippen molar-refractivity contribution in [2.24, 2.45) is 0 Å². The molecule has 0 atom stereocenters. The molecule has 0 saturated carbocycles. The summed E-state index contributed by atoms with van der Waals surface area (Å²) >= 11 is 0. The van der Waals surface area contributed by atoms with Crippen LogP contribution in [0.2, 0.25) is 0 Å². The molecule has 8 aromatic carbocycles. The molecule has 246 valence electrons. The minimum absolute atomic E-state index is 0.378. The van der Waals surface area contributed by atoms with E-state index < -0.39 is 23.7 Å². The Morgan fingerprint density at radius 1 is 0.412 bits per heavy atom. The number of benzene rings is 8. The highest BCUT2D eigenvalue weighted by Gasteiger charge is 2.40. The van der Waals surface area contributed by atoms with E-state index in [0.717, 1.165) is 64.5 Å². The van der Waals surface area contributed by atoms with Gasteiger partial charge in [0.05, 0.1) is 0 Å². The van der Waals surface area contributed by atoms with E-state index in [4.69, 9.17) is 9.05 Å². The number of hydrogen-bond donors (Lipinski definition) is 1. The molecule has 7 heteroatoms. The zero-order valence-corrected chi connectivity index (χ0v) is 30.0. The first kappa shape index (κ1) is 31.9. The van der Waals surface area contributed by atoms with Gasteiger partial charge in [-0.2, -0.15) is 0 Å². The van der Waals surface area contributed by atoms with Gasteiger partial charge in [0.2, 0.25) is 0 Å². The molecular formula is C44H31O4P3. The van der Waals surface area contributed by atoms with Crippen molar-refractivity contribution in [2.75, 3.05) is 0 Å². The Kier molecular flexibility index (Phi) is 8.28.